The Bertz CT molecular complexity index is 1010. The van der Waals surface area contributed by atoms with Crippen LogP contribution in [0.25, 0.3) is 10.4 Å². The van der Waals surface area contributed by atoms with Gasteiger partial charge in [0.2, 0.25) is 0 Å². The van der Waals surface area contributed by atoms with Crippen molar-refractivity contribution in [2.45, 2.75) is 0 Å². The van der Waals surface area contributed by atoms with Crippen LogP contribution >= 0.6 is 27.3 Å². The lowest BCUT2D eigenvalue weighted by Gasteiger charge is -2.30. The van der Waals surface area contributed by atoms with Crippen LogP contribution in [-0.4, -0.2) is 8.07 Å². The fraction of sp³-hybridized carbons (Fsp3) is 0. The highest BCUT2D eigenvalue weighted by Gasteiger charge is 2.49. The third-order valence-electron chi connectivity index (χ3n) is 5.10. The van der Waals surface area contributed by atoms with Crippen molar-refractivity contribution in [3.63, 3.8) is 0 Å². The summed E-state index contributed by atoms with van der Waals surface area (Å²) in [6.07, 6.45) is 0. The molecule has 4 aromatic rings. The highest BCUT2D eigenvalue weighted by Crippen LogP contribution is 2.36. The van der Waals surface area contributed by atoms with E-state index in [0.29, 0.717) is 0 Å². The first-order chi connectivity index (χ1) is 12.3. The van der Waals surface area contributed by atoms with Gasteiger partial charge in [0, 0.05) is 4.88 Å². The summed E-state index contributed by atoms with van der Waals surface area (Å²) in [5, 5.41) is 5.94. The van der Waals surface area contributed by atoms with Crippen LogP contribution in [0.4, 0.5) is 0 Å². The number of fused-ring (bicyclic) bond motifs is 3. The summed E-state index contributed by atoms with van der Waals surface area (Å²) in [7, 11) is -2.22. The van der Waals surface area contributed by atoms with Gasteiger partial charge in [-0.05, 0) is 48.3 Å². The number of hydrogen-bond acceptors (Lipinski definition) is 1. The van der Waals surface area contributed by atoms with Crippen LogP contribution in [-0.2, 0) is 0 Å². The Hall–Kier alpha value is -1.94. The summed E-state index contributed by atoms with van der Waals surface area (Å²) in [5.41, 5.74) is 1.41. The Morgan fingerprint density at radius 2 is 1.20 bits per heavy atom. The molecule has 0 unspecified atom stereocenters. The van der Waals surface area contributed by atoms with Gasteiger partial charge in [-0.3, -0.25) is 0 Å². The van der Waals surface area contributed by atoms with Gasteiger partial charge in [-0.25, -0.2) is 0 Å². The van der Waals surface area contributed by atoms with E-state index in [1.165, 1.54) is 35.0 Å². The fourth-order valence-electron chi connectivity index (χ4n) is 4.16. The molecule has 1 aromatic heterocycles. The van der Waals surface area contributed by atoms with E-state index >= 15 is 0 Å². The van der Waals surface area contributed by atoms with Crippen molar-refractivity contribution < 1.29 is 0 Å². The van der Waals surface area contributed by atoms with Crippen molar-refractivity contribution >= 4 is 56.1 Å². The minimum atomic E-state index is -2.22. The first kappa shape index (κ1) is 15.3. The Morgan fingerprint density at radius 1 is 0.640 bits per heavy atom. The van der Waals surface area contributed by atoms with Gasteiger partial charge in [0.25, 0.3) is 0 Å². The van der Waals surface area contributed by atoms with E-state index in [9.17, 15) is 0 Å². The van der Waals surface area contributed by atoms with Crippen LogP contribution in [0.2, 0.25) is 0 Å². The molecule has 0 saturated heterocycles. The van der Waals surface area contributed by atoms with Crippen LogP contribution in [0.15, 0.2) is 94.8 Å². The summed E-state index contributed by atoms with van der Waals surface area (Å²) in [6, 6.07) is 33.6. The molecule has 1 aliphatic rings. The van der Waals surface area contributed by atoms with Gasteiger partial charge in [-0.1, -0.05) is 84.9 Å². The summed E-state index contributed by atoms with van der Waals surface area (Å²) in [4.78, 5) is 1.43. The van der Waals surface area contributed by atoms with Crippen molar-refractivity contribution in [3.8, 4) is 10.4 Å². The van der Waals surface area contributed by atoms with E-state index in [-0.39, 0.29) is 0 Å². The molecule has 120 valence electrons. The molecule has 0 atom stereocenters. The minimum absolute atomic E-state index is 1.22. The van der Waals surface area contributed by atoms with Crippen LogP contribution in [0.3, 0.4) is 0 Å². The molecule has 25 heavy (non-hydrogen) atoms. The first-order valence-corrected chi connectivity index (χ1v) is 11.9. The molecule has 0 aliphatic carbocycles. The van der Waals surface area contributed by atoms with Gasteiger partial charge in [-0.2, -0.15) is 0 Å². The quantitative estimate of drug-likeness (QED) is 0.381. The Balaban J connectivity index is 1.98. The fourth-order valence-corrected chi connectivity index (χ4v) is 11.8. The van der Waals surface area contributed by atoms with Crippen LogP contribution in [0.5, 0.6) is 0 Å². The van der Waals surface area contributed by atoms with Crippen molar-refractivity contribution in [2.24, 2.45) is 0 Å². The number of thiophene rings is 1. The molecule has 0 spiro atoms. The van der Waals surface area contributed by atoms with Gasteiger partial charge < -0.3 is 0 Å². The average molecular weight is 419 g/mol. The van der Waals surface area contributed by atoms with Crippen molar-refractivity contribution in [1.82, 2.24) is 0 Å². The van der Waals surface area contributed by atoms with E-state index in [1.54, 1.807) is 0 Å². The maximum atomic E-state index is 3.75. The highest BCUT2D eigenvalue weighted by molar-refractivity contribution is 9.11. The first-order valence-electron chi connectivity index (χ1n) is 8.32. The highest BCUT2D eigenvalue weighted by atomic mass is 79.9. The number of hydrogen-bond donors (Lipinski definition) is 0. The molecule has 0 amide bonds. The third-order valence-corrected chi connectivity index (χ3v) is 11.8. The van der Waals surface area contributed by atoms with Crippen LogP contribution in [0.1, 0.15) is 0 Å². The van der Waals surface area contributed by atoms with Crippen LogP contribution in [0, 0.1) is 0 Å². The topological polar surface area (TPSA) is 0 Å². The lowest BCUT2D eigenvalue weighted by atomic mass is 10.2. The van der Waals surface area contributed by atoms with E-state index in [1.807, 2.05) is 11.3 Å². The largest absolute Gasteiger partial charge is 0.181 e. The number of benzene rings is 3. The van der Waals surface area contributed by atoms with Crippen molar-refractivity contribution in [2.75, 3.05) is 0 Å². The molecule has 0 nitrogen and oxygen atoms in total. The summed E-state index contributed by atoms with van der Waals surface area (Å²) in [6.45, 7) is 0. The van der Waals surface area contributed by atoms with E-state index in [4.69, 9.17) is 0 Å². The predicted molar refractivity (Wildman–Crippen MR) is 115 cm³/mol. The molecule has 0 N–H and O–H groups in total. The lowest BCUT2D eigenvalue weighted by molar-refractivity contribution is 1.70. The zero-order chi connectivity index (χ0) is 16.9. The molecule has 0 saturated carbocycles. The zero-order valence-electron chi connectivity index (χ0n) is 13.4. The van der Waals surface area contributed by atoms with Gasteiger partial charge in [0.15, 0.2) is 8.07 Å². The molecule has 2 heterocycles. The van der Waals surface area contributed by atoms with E-state index in [0.717, 1.165) is 0 Å². The van der Waals surface area contributed by atoms with Crippen molar-refractivity contribution in [3.05, 3.63) is 94.8 Å². The SMILES string of the molecule is Brc1cc2c(s1)-c1ccccc1[Si]2(c1ccccc1)c1ccccc1. The van der Waals surface area contributed by atoms with Gasteiger partial charge in [-0.15, -0.1) is 11.3 Å². The second kappa shape index (κ2) is 5.80. The molecular formula is C22H15BrSSi. The maximum absolute atomic E-state index is 3.75. The second-order valence-electron chi connectivity index (χ2n) is 6.32. The lowest BCUT2D eigenvalue weighted by Crippen LogP contribution is -2.72. The number of rotatable bonds is 2. The normalized spacial score (nSPS) is 14.1. The minimum Gasteiger partial charge on any atom is -0.128 e. The van der Waals surface area contributed by atoms with Gasteiger partial charge >= 0.3 is 0 Å². The monoisotopic (exact) mass is 418 g/mol. The molecular weight excluding hydrogens is 404 g/mol. The summed E-state index contributed by atoms with van der Waals surface area (Å²) < 4.78 is 1.22. The summed E-state index contributed by atoms with van der Waals surface area (Å²) >= 11 is 5.61. The van der Waals surface area contributed by atoms with E-state index in [2.05, 4.69) is 107 Å². The average Bonchev–Trinajstić information content (AvgIpc) is 3.17. The van der Waals surface area contributed by atoms with Gasteiger partial charge in [0.05, 0.1) is 3.79 Å². The Morgan fingerprint density at radius 3 is 1.84 bits per heavy atom. The predicted octanol–water partition coefficient (Wildman–Crippen LogP) is 3.87. The van der Waals surface area contributed by atoms with Crippen LogP contribution < -0.4 is 20.7 Å². The Kier molecular flexibility index (Phi) is 3.56. The molecule has 3 heteroatoms. The molecule has 5 rings (SSSR count). The molecule has 1 aliphatic heterocycles. The molecule has 3 aromatic carbocycles. The number of halogens is 1. The third kappa shape index (κ3) is 2.10. The van der Waals surface area contributed by atoms with Gasteiger partial charge in [0.1, 0.15) is 0 Å². The Labute approximate surface area is 160 Å². The standard InChI is InChI=1S/C22H15BrSSi/c23-21-15-20-22(24-21)18-13-7-8-14-19(18)25(20,16-9-3-1-4-10-16)17-11-5-2-6-12-17/h1-15H. The van der Waals surface area contributed by atoms with Crippen molar-refractivity contribution in [1.29, 1.82) is 0 Å². The smallest absolute Gasteiger partial charge is 0.128 e. The molecule has 0 bridgehead atoms. The second-order valence-corrected chi connectivity index (χ2v) is 12.5. The molecule has 0 fully saturated rings. The van der Waals surface area contributed by atoms with E-state index < -0.39 is 8.07 Å². The zero-order valence-corrected chi connectivity index (χ0v) is 16.8. The molecule has 0 radical (unpaired) electrons. The maximum Gasteiger partial charge on any atom is 0.181 e. The summed E-state index contributed by atoms with van der Waals surface area (Å²) in [5.74, 6) is 0.